The summed E-state index contributed by atoms with van der Waals surface area (Å²) in [7, 11) is 0. The molecule has 18 heavy (non-hydrogen) atoms. The van der Waals surface area contributed by atoms with Crippen molar-refractivity contribution in [1.82, 2.24) is 0 Å². The van der Waals surface area contributed by atoms with Crippen molar-refractivity contribution in [2.45, 2.75) is 44.3 Å². The van der Waals surface area contributed by atoms with Crippen molar-refractivity contribution in [3.8, 4) is 0 Å². The SMILES string of the molecule is CC1CCCCC1(N)c1cccc(C(F)(F)F)c1. The van der Waals surface area contributed by atoms with Crippen LogP contribution in [0.3, 0.4) is 0 Å². The van der Waals surface area contributed by atoms with Gasteiger partial charge in [-0.3, -0.25) is 0 Å². The normalized spacial score (nSPS) is 29.3. The largest absolute Gasteiger partial charge is 0.416 e. The molecule has 0 radical (unpaired) electrons. The van der Waals surface area contributed by atoms with E-state index in [0.717, 1.165) is 31.7 Å². The first-order valence-electron chi connectivity index (χ1n) is 6.30. The van der Waals surface area contributed by atoms with Gasteiger partial charge in [-0.2, -0.15) is 13.2 Å². The minimum absolute atomic E-state index is 0.217. The van der Waals surface area contributed by atoms with Gasteiger partial charge in [0.15, 0.2) is 0 Å². The van der Waals surface area contributed by atoms with Crippen molar-refractivity contribution in [1.29, 1.82) is 0 Å². The van der Waals surface area contributed by atoms with Crippen molar-refractivity contribution in [3.05, 3.63) is 35.4 Å². The van der Waals surface area contributed by atoms with Crippen LogP contribution in [0, 0.1) is 5.92 Å². The topological polar surface area (TPSA) is 26.0 Å². The summed E-state index contributed by atoms with van der Waals surface area (Å²) in [4.78, 5) is 0. The summed E-state index contributed by atoms with van der Waals surface area (Å²) in [6.07, 6.45) is -0.470. The Morgan fingerprint density at radius 2 is 2.00 bits per heavy atom. The number of rotatable bonds is 1. The third-order valence-electron chi connectivity index (χ3n) is 4.08. The maximum absolute atomic E-state index is 12.7. The van der Waals surface area contributed by atoms with Crippen molar-refractivity contribution < 1.29 is 13.2 Å². The van der Waals surface area contributed by atoms with Gasteiger partial charge in [0.2, 0.25) is 0 Å². The fraction of sp³-hybridized carbons (Fsp3) is 0.571. The molecule has 0 aliphatic heterocycles. The number of halogens is 3. The molecule has 1 aliphatic rings. The van der Waals surface area contributed by atoms with E-state index in [0.29, 0.717) is 5.56 Å². The van der Waals surface area contributed by atoms with Crippen molar-refractivity contribution >= 4 is 0 Å². The summed E-state index contributed by atoms with van der Waals surface area (Å²) >= 11 is 0. The van der Waals surface area contributed by atoms with Crippen LogP contribution in [0.5, 0.6) is 0 Å². The van der Waals surface area contributed by atoms with Gasteiger partial charge in [0.1, 0.15) is 0 Å². The molecule has 0 heterocycles. The van der Waals surface area contributed by atoms with E-state index in [4.69, 9.17) is 5.73 Å². The van der Waals surface area contributed by atoms with Crippen LogP contribution in [0.25, 0.3) is 0 Å². The van der Waals surface area contributed by atoms with Gasteiger partial charge in [-0.25, -0.2) is 0 Å². The van der Waals surface area contributed by atoms with Gasteiger partial charge in [0.05, 0.1) is 5.56 Å². The Hall–Kier alpha value is -1.03. The van der Waals surface area contributed by atoms with E-state index in [-0.39, 0.29) is 5.92 Å². The standard InChI is InChI=1S/C14H18F3N/c1-10-5-2-3-8-13(10,18)11-6-4-7-12(9-11)14(15,16)17/h4,6-7,9-10H,2-3,5,8,18H2,1H3. The molecule has 2 rings (SSSR count). The van der Waals surface area contributed by atoms with Gasteiger partial charge in [-0.15, -0.1) is 0 Å². The second kappa shape index (κ2) is 4.57. The highest BCUT2D eigenvalue weighted by Gasteiger charge is 2.38. The molecule has 1 fully saturated rings. The predicted molar refractivity (Wildman–Crippen MR) is 64.9 cm³/mol. The summed E-state index contributed by atoms with van der Waals surface area (Å²) in [5.41, 5.74) is 5.76. The molecule has 0 aromatic heterocycles. The Balaban J connectivity index is 2.38. The first-order chi connectivity index (χ1) is 8.34. The van der Waals surface area contributed by atoms with Crippen LogP contribution in [0.15, 0.2) is 24.3 Å². The van der Waals surface area contributed by atoms with E-state index < -0.39 is 17.3 Å². The van der Waals surface area contributed by atoms with Crippen LogP contribution < -0.4 is 5.73 Å². The van der Waals surface area contributed by atoms with Crippen LogP contribution in [-0.2, 0) is 11.7 Å². The molecule has 0 bridgehead atoms. The monoisotopic (exact) mass is 257 g/mol. The minimum atomic E-state index is -4.30. The Morgan fingerprint density at radius 1 is 1.28 bits per heavy atom. The Kier molecular flexibility index (Phi) is 3.41. The molecule has 2 atom stereocenters. The molecule has 0 spiro atoms. The highest BCUT2D eigenvalue weighted by atomic mass is 19.4. The van der Waals surface area contributed by atoms with E-state index in [2.05, 4.69) is 0 Å². The van der Waals surface area contributed by atoms with Gasteiger partial charge in [-0.1, -0.05) is 31.9 Å². The highest BCUT2D eigenvalue weighted by molar-refractivity contribution is 5.32. The zero-order chi connectivity index (χ0) is 13.4. The third-order valence-corrected chi connectivity index (χ3v) is 4.08. The minimum Gasteiger partial charge on any atom is -0.321 e. The van der Waals surface area contributed by atoms with Gasteiger partial charge < -0.3 is 5.73 Å². The molecular formula is C14H18F3N. The molecule has 1 aromatic carbocycles. The summed E-state index contributed by atoms with van der Waals surface area (Å²) in [5, 5.41) is 0. The summed E-state index contributed by atoms with van der Waals surface area (Å²) in [5.74, 6) is 0.217. The molecule has 0 amide bonds. The Bertz CT molecular complexity index is 427. The average Bonchev–Trinajstić information content (AvgIpc) is 2.32. The smallest absolute Gasteiger partial charge is 0.321 e. The highest BCUT2D eigenvalue weighted by Crippen LogP contribution is 2.41. The number of nitrogens with two attached hydrogens (primary N) is 1. The lowest BCUT2D eigenvalue weighted by atomic mass is 9.70. The average molecular weight is 257 g/mol. The van der Waals surface area contributed by atoms with Crippen LogP contribution in [0.4, 0.5) is 13.2 Å². The van der Waals surface area contributed by atoms with Crippen molar-refractivity contribution in [2.24, 2.45) is 11.7 Å². The quantitative estimate of drug-likeness (QED) is 0.806. The zero-order valence-electron chi connectivity index (χ0n) is 10.4. The zero-order valence-corrected chi connectivity index (χ0v) is 10.4. The summed E-state index contributed by atoms with van der Waals surface area (Å²) in [6.45, 7) is 2.03. The van der Waals surface area contributed by atoms with Gasteiger partial charge in [0, 0.05) is 5.54 Å². The van der Waals surface area contributed by atoms with Crippen molar-refractivity contribution in [3.63, 3.8) is 0 Å². The fourth-order valence-corrected chi connectivity index (χ4v) is 2.79. The summed E-state index contributed by atoms with van der Waals surface area (Å²) in [6, 6.07) is 5.48. The molecule has 2 unspecified atom stereocenters. The maximum atomic E-state index is 12.7. The molecule has 1 aromatic rings. The van der Waals surface area contributed by atoms with Crippen LogP contribution in [0.1, 0.15) is 43.7 Å². The lowest BCUT2D eigenvalue weighted by Crippen LogP contribution is -2.45. The van der Waals surface area contributed by atoms with E-state index in [1.165, 1.54) is 12.1 Å². The van der Waals surface area contributed by atoms with E-state index in [1.807, 2.05) is 6.92 Å². The van der Waals surface area contributed by atoms with E-state index in [1.54, 1.807) is 6.07 Å². The second-order valence-electron chi connectivity index (χ2n) is 5.27. The molecule has 1 aliphatic carbocycles. The van der Waals surface area contributed by atoms with Crippen LogP contribution >= 0.6 is 0 Å². The van der Waals surface area contributed by atoms with Gasteiger partial charge in [-0.05, 0) is 36.5 Å². The molecule has 1 saturated carbocycles. The number of hydrogen-bond donors (Lipinski definition) is 1. The molecule has 0 saturated heterocycles. The van der Waals surface area contributed by atoms with Gasteiger partial charge in [0.25, 0.3) is 0 Å². The number of hydrogen-bond acceptors (Lipinski definition) is 1. The van der Waals surface area contributed by atoms with Gasteiger partial charge >= 0.3 is 6.18 Å². The van der Waals surface area contributed by atoms with Crippen LogP contribution in [0.2, 0.25) is 0 Å². The fourth-order valence-electron chi connectivity index (χ4n) is 2.79. The number of benzene rings is 1. The summed E-state index contributed by atoms with van der Waals surface area (Å²) < 4.78 is 38.1. The second-order valence-corrected chi connectivity index (χ2v) is 5.27. The molecule has 1 nitrogen and oxygen atoms in total. The van der Waals surface area contributed by atoms with E-state index >= 15 is 0 Å². The molecule has 100 valence electrons. The first kappa shape index (κ1) is 13.4. The predicted octanol–water partition coefficient (Wildman–Crippen LogP) is 4.07. The lowest BCUT2D eigenvalue weighted by molar-refractivity contribution is -0.137. The molecule has 2 N–H and O–H groups in total. The lowest BCUT2D eigenvalue weighted by Gasteiger charge is -2.40. The molecular weight excluding hydrogens is 239 g/mol. The maximum Gasteiger partial charge on any atom is 0.416 e. The Morgan fingerprint density at radius 3 is 2.61 bits per heavy atom. The number of alkyl halides is 3. The molecule has 4 heteroatoms. The van der Waals surface area contributed by atoms with Crippen molar-refractivity contribution in [2.75, 3.05) is 0 Å². The first-order valence-corrected chi connectivity index (χ1v) is 6.30. The Labute approximate surface area is 105 Å². The van der Waals surface area contributed by atoms with Crippen LogP contribution in [-0.4, -0.2) is 0 Å². The van der Waals surface area contributed by atoms with E-state index in [9.17, 15) is 13.2 Å². The third kappa shape index (κ3) is 2.39.